The molecule has 3 aromatic rings. The maximum absolute atomic E-state index is 12.9. The van der Waals surface area contributed by atoms with Gasteiger partial charge in [0.1, 0.15) is 0 Å². The van der Waals surface area contributed by atoms with Crippen LogP contribution in [-0.4, -0.2) is 20.9 Å². The predicted octanol–water partition coefficient (Wildman–Crippen LogP) is 4.39. The molecule has 6 heteroatoms. The van der Waals surface area contributed by atoms with E-state index in [0.29, 0.717) is 17.8 Å². The van der Waals surface area contributed by atoms with Gasteiger partial charge in [-0.3, -0.25) is 9.52 Å². The van der Waals surface area contributed by atoms with Crippen LogP contribution in [0.5, 0.6) is 0 Å². The van der Waals surface area contributed by atoms with Gasteiger partial charge >= 0.3 is 0 Å². The maximum Gasteiger partial charge on any atom is 0.261 e. The summed E-state index contributed by atoms with van der Waals surface area (Å²) in [5.41, 5.74) is 3.94. The highest BCUT2D eigenvalue weighted by Gasteiger charge is 2.24. The zero-order chi connectivity index (χ0) is 20.4. The molecule has 0 saturated heterocycles. The molecule has 0 radical (unpaired) electrons. The molecule has 1 aliphatic heterocycles. The van der Waals surface area contributed by atoms with Crippen molar-refractivity contribution in [1.29, 1.82) is 0 Å². The van der Waals surface area contributed by atoms with E-state index in [9.17, 15) is 13.2 Å². The number of hydrogen-bond acceptors (Lipinski definition) is 3. The molecule has 0 unspecified atom stereocenters. The number of amides is 1. The molecule has 148 valence electrons. The Kier molecular flexibility index (Phi) is 5.11. The average molecular weight is 407 g/mol. The number of sulfonamides is 1. The lowest BCUT2D eigenvalue weighted by Crippen LogP contribution is -2.35. The first kappa shape index (κ1) is 19.2. The summed E-state index contributed by atoms with van der Waals surface area (Å²) in [5.74, 6) is -0.0421. The molecule has 0 atom stereocenters. The minimum Gasteiger partial charge on any atom is -0.308 e. The minimum absolute atomic E-state index is 0.0421. The second kappa shape index (κ2) is 7.72. The summed E-state index contributed by atoms with van der Waals surface area (Å²) in [6.45, 7) is 2.56. The smallest absolute Gasteiger partial charge is 0.261 e. The summed E-state index contributed by atoms with van der Waals surface area (Å²) < 4.78 is 28.0. The van der Waals surface area contributed by atoms with Gasteiger partial charge in [0.25, 0.3) is 15.9 Å². The molecule has 1 heterocycles. The normalized spacial score (nSPS) is 13.6. The Hall–Kier alpha value is -3.12. The van der Waals surface area contributed by atoms with Crippen LogP contribution >= 0.6 is 0 Å². The summed E-state index contributed by atoms with van der Waals surface area (Å²) in [6.07, 6.45) is 1.63. The van der Waals surface area contributed by atoms with Crippen LogP contribution in [0.1, 0.15) is 27.9 Å². The third-order valence-corrected chi connectivity index (χ3v) is 6.44. The highest BCUT2D eigenvalue weighted by molar-refractivity contribution is 7.92. The SMILES string of the molecule is Cc1ccc(S(=O)(=O)Nc2ccc3c(c2)CCCN3C(=O)c2ccccc2)cc1. The summed E-state index contributed by atoms with van der Waals surface area (Å²) >= 11 is 0. The number of fused-ring (bicyclic) bond motifs is 1. The number of nitrogens with one attached hydrogen (secondary N) is 1. The Labute approximate surface area is 171 Å². The van der Waals surface area contributed by atoms with Gasteiger partial charge in [0, 0.05) is 23.5 Å². The minimum atomic E-state index is -3.66. The second-order valence-corrected chi connectivity index (χ2v) is 8.87. The number of carbonyl (C=O) groups is 1. The van der Waals surface area contributed by atoms with Crippen LogP contribution in [0.15, 0.2) is 77.7 Å². The first-order chi connectivity index (χ1) is 13.9. The molecule has 0 saturated carbocycles. The summed E-state index contributed by atoms with van der Waals surface area (Å²) in [6, 6.07) is 21.3. The van der Waals surface area contributed by atoms with Crippen molar-refractivity contribution in [3.63, 3.8) is 0 Å². The fourth-order valence-corrected chi connectivity index (χ4v) is 4.59. The molecule has 3 aromatic carbocycles. The molecule has 5 nitrogen and oxygen atoms in total. The Morgan fingerprint density at radius 3 is 2.41 bits per heavy atom. The van der Waals surface area contributed by atoms with Gasteiger partial charge in [-0.2, -0.15) is 0 Å². The number of anilines is 2. The average Bonchev–Trinajstić information content (AvgIpc) is 2.73. The van der Waals surface area contributed by atoms with Gasteiger partial charge in [0.2, 0.25) is 0 Å². The van der Waals surface area contributed by atoms with Gasteiger partial charge in [-0.1, -0.05) is 35.9 Å². The van der Waals surface area contributed by atoms with Crippen LogP contribution in [0.3, 0.4) is 0 Å². The van der Waals surface area contributed by atoms with Gasteiger partial charge in [0.15, 0.2) is 0 Å². The number of aryl methyl sites for hydroxylation is 2. The fourth-order valence-electron chi connectivity index (χ4n) is 3.54. The third-order valence-electron chi connectivity index (χ3n) is 5.05. The lowest BCUT2D eigenvalue weighted by Gasteiger charge is -2.30. The second-order valence-electron chi connectivity index (χ2n) is 7.19. The standard InChI is InChI=1S/C23H22N2O3S/c1-17-9-12-21(13-10-17)29(27,28)24-20-11-14-22-19(16-20)8-5-15-25(22)23(26)18-6-3-2-4-7-18/h2-4,6-7,9-14,16,24H,5,8,15H2,1H3. The van der Waals surface area contributed by atoms with Crippen molar-refractivity contribution in [2.45, 2.75) is 24.7 Å². The molecular formula is C23H22N2O3S. The zero-order valence-corrected chi connectivity index (χ0v) is 16.9. The summed E-state index contributed by atoms with van der Waals surface area (Å²) in [4.78, 5) is 14.9. The Bertz CT molecular complexity index is 1140. The molecule has 1 N–H and O–H groups in total. The van der Waals surface area contributed by atoms with Crippen molar-refractivity contribution in [3.05, 3.63) is 89.5 Å². The van der Waals surface area contributed by atoms with E-state index in [2.05, 4.69) is 4.72 Å². The number of nitrogens with zero attached hydrogens (tertiary/aromatic N) is 1. The largest absolute Gasteiger partial charge is 0.308 e. The van der Waals surface area contributed by atoms with Crippen molar-refractivity contribution >= 4 is 27.3 Å². The van der Waals surface area contributed by atoms with E-state index in [1.54, 1.807) is 47.4 Å². The predicted molar refractivity (Wildman–Crippen MR) is 115 cm³/mol. The maximum atomic E-state index is 12.9. The van der Waals surface area contributed by atoms with Crippen molar-refractivity contribution in [3.8, 4) is 0 Å². The number of benzene rings is 3. The molecule has 29 heavy (non-hydrogen) atoms. The molecule has 0 fully saturated rings. The van der Waals surface area contributed by atoms with Crippen LogP contribution in [0.2, 0.25) is 0 Å². The first-order valence-electron chi connectivity index (χ1n) is 9.53. The number of rotatable bonds is 4. The Morgan fingerprint density at radius 2 is 1.69 bits per heavy atom. The summed E-state index contributed by atoms with van der Waals surface area (Å²) in [5, 5.41) is 0. The molecule has 1 amide bonds. The van der Waals surface area contributed by atoms with Crippen molar-refractivity contribution in [2.24, 2.45) is 0 Å². The lowest BCUT2D eigenvalue weighted by atomic mass is 10.00. The van der Waals surface area contributed by atoms with Crippen molar-refractivity contribution < 1.29 is 13.2 Å². The van der Waals surface area contributed by atoms with E-state index in [-0.39, 0.29) is 10.8 Å². The van der Waals surface area contributed by atoms with Crippen LogP contribution in [0, 0.1) is 6.92 Å². The molecule has 0 bridgehead atoms. The quantitative estimate of drug-likeness (QED) is 0.699. The van der Waals surface area contributed by atoms with E-state index < -0.39 is 10.0 Å². The zero-order valence-electron chi connectivity index (χ0n) is 16.1. The number of hydrogen-bond donors (Lipinski definition) is 1. The van der Waals surface area contributed by atoms with E-state index in [4.69, 9.17) is 0 Å². The van der Waals surface area contributed by atoms with Crippen LogP contribution < -0.4 is 9.62 Å². The molecule has 0 spiro atoms. The topological polar surface area (TPSA) is 66.5 Å². The molecule has 1 aliphatic rings. The monoisotopic (exact) mass is 406 g/mol. The van der Waals surface area contributed by atoms with Crippen molar-refractivity contribution in [2.75, 3.05) is 16.2 Å². The van der Waals surface area contributed by atoms with Gasteiger partial charge in [-0.15, -0.1) is 0 Å². The Morgan fingerprint density at radius 1 is 0.966 bits per heavy atom. The van der Waals surface area contributed by atoms with Crippen LogP contribution in [-0.2, 0) is 16.4 Å². The van der Waals surface area contributed by atoms with E-state index in [0.717, 1.165) is 29.7 Å². The summed E-state index contributed by atoms with van der Waals surface area (Å²) in [7, 11) is -3.66. The lowest BCUT2D eigenvalue weighted by molar-refractivity contribution is 0.0985. The fraction of sp³-hybridized carbons (Fsp3) is 0.174. The Balaban J connectivity index is 1.60. The highest BCUT2D eigenvalue weighted by atomic mass is 32.2. The van der Waals surface area contributed by atoms with Gasteiger partial charge in [-0.25, -0.2) is 8.42 Å². The van der Waals surface area contributed by atoms with Gasteiger partial charge < -0.3 is 4.90 Å². The van der Waals surface area contributed by atoms with E-state index in [1.807, 2.05) is 37.3 Å². The number of carbonyl (C=O) groups excluding carboxylic acids is 1. The van der Waals surface area contributed by atoms with Gasteiger partial charge in [-0.05, 0) is 67.8 Å². The van der Waals surface area contributed by atoms with Crippen LogP contribution in [0.4, 0.5) is 11.4 Å². The molecule has 0 aromatic heterocycles. The van der Waals surface area contributed by atoms with Crippen molar-refractivity contribution in [1.82, 2.24) is 0 Å². The van der Waals surface area contributed by atoms with Gasteiger partial charge in [0.05, 0.1) is 4.90 Å². The first-order valence-corrected chi connectivity index (χ1v) is 11.0. The van der Waals surface area contributed by atoms with E-state index >= 15 is 0 Å². The molecular weight excluding hydrogens is 384 g/mol. The molecule has 0 aliphatic carbocycles. The van der Waals surface area contributed by atoms with E-state index in [1.165, 1.54) is 0 Å². The molecule has 4 rings (SSSR count). The van der Waals surface area contributed by atoms with Crippen LogP contribution in [0.25, 0.3) is 0 Å². The third kappa shape index (κ3) is 4.03. The highest BCUT2D eigenvalue weighted by Crippen LogP contribution is 2.31.